The molecule has 0 amide bonds. The van der Waals surface area contributed by atoms with Gasteiger partial charge in [0.2, 0.25) is 0 Å². The minimum atomic E-state index is 0.236. The van der Waals surface area contributed by atoms with Crippen LogP contribution in [0.3, 0.4) is 0 Å². The molecule has 0 spiro atoms. The van der Waals surface area contributed by atoms with Crippen LogP contribution in [0, 0.1) is 17.8 Å². The van der Waals surface area contributed by atoms with E-state index >= 15 is 0 Å². The summed E-state index contributed by atoms with van der Waals surface area (Å²) in [6.45, 7) is 6.36. The van der Waals surface area contributed by atoms with E-state index < -0.39 is 0 Å². The lowest BCUT2D eigenvalue weighted by Gasteiger charge is -2.34. The van der Waals surface area contributed by atoms with E-state index in [-0.39, 0.29) is 12.6 Å². The van der Waals surface area contributed by atoms with Gasteiger partial charge in [-0.2, -0.15) is 0 Å². The number of fused-ring (bicyclic) bond motifs is 1. The quantitative estimate of drug-likeness (QED) is 0.639. The van der Waals surface area contributed by atoms with Crippen LogP contribution in [-0.2, 0) is 4.74 Å². The number of aliphatic hydroxyl groups is 1. The first-order valence-electron chi connectivity index (χ1n) is 6.03. The lowest BCUT2D eigenvalue weighted by Crippen LogP contribution is -2.48. The zero-order chi connectivity index (χ0) is 10.3. The largest absolute Gasteiger partial charge is 0.395 e. The Morgan fingerprint density at radius 2 is 2.13 bits per heavy atom. The van der Waals surface area contributed by atoms with Crippen molar-refractivity contribution in [3.8, 4) is 0 Å². The first-order chi connectivity index (χ1) is 7.40. The Kier molecular flexibility index (Phi) is 2.68. The second kappa shape index (κ2) is 4.01. The van der Waals surface area contributed by atoms with Gasteiger partial charge in [-0.1, -0.05) is 0 Å². The summed E-state index contributed by atoms with van der Waals surface area (Å²) in [7, 11) is 0. The second-order valence-electron chi connectivity index (χ2n) is 5.06. The van der Waals surface area contributed by atoms with E-state index in [1.54, 1.807) is 0 Å². The smallest absolute Gasteiger partial charge is 0.0644 e. The van der Waals surface area contributed by atoms with Gasteiger partial charge in [0.05, 0.1) is 25.9 Å². The molecule has 0 aromatic carbocycles. The van der Waals surface area contributed by atoms with Gasteiger partial charge in [-0.3, -0.25) is 4.90 Å². The molecule has 2 N–H and O–H groups in total. The Bertz CT molecular complexity index is 227. The summed E-state index contributed by atoms with van der Waals surface area (Å²) < 4.78 is 5.39. The van der Waals surface area contributed by atoms with Gasteiger partial charge in [0.25, 0.3) is 0 Å². The predicted molar refractivity (Wildman–Crippen MR) is 56.6 cm³/mol. The summed E-state index contributed by atoms with van der Waals surface area (Å²) in [5.74, 6) is 2.73. The molecule has 1 saturated carbocycles. The Balaban J connectivity index is 1.53. The zero-order valence-corrected chi connectivity index (χ0v) is 9.06. The summed E-state index contributed by atoms with van der Waals surface area (Å²) in [6, 6.07) is 0.244. The number of rotatable bonds is 3. The molecule has 15 heavy (non-hydrogen) atoms. The summed E-state index contributed by atoms with van der Waals surface area (Å²) >= 11 is 0. The van der Waals surface area contributed by atoms with Crippen molar-refractivity contribution < 1.29 is 9.84 Å². The van der Waals surface area contributed by atoms with Crippen molar-refractivity contribution in [3.05, 3.63) is 0 Å². The lowest BCUT2D eigenvalue weighted by atomic mass is 10.2. The van der Waals surface area contributed by atoms with Crippen molar-refractivity contribution >= 4 is 0 Å². The fourth-order valence-electron chi connectivity index (χ4n) is 3.19. The predicted octanol–water partition coefficient (Wildman–Crippen LogP) is -0.855. The van der Waals surface area contributed by atoms with E-state index in [2.05, 4.69) is 10.2 Å². The molecule has 3 fully saturated rings. The molecule has 3 rings (SSSR count). The van der Waals surface area contributed by atoms with Gasteiger partial charge in [0.15, 0.2) is 0 Å². The summed E-state index contributed by atoms with van der Waals surface area (Å²) in [6.07, 6.45) is 0. The minimum absolute atomic E-state index is 0.236. The average molecular weight is 212 g/mol. The summed E-state index contributed by atoms with van der Waals surface area (Å²) in [5, 5.41) is 12.7. The van der Waals surface area contributed by atoms with Crippen molar-refractivity contribution in [1.82, 2.24) is 10.2 Å². The lowest BCUT2D eigenvalue weighted by molar-refractivity contribution is -0.0303. The average Bonchev–Trinajstić information content (AvgIpc) is 2.75. The van der Waals surface area contributed by atoms with E-state index in [9.17, 15) is 5.11 Å². The molecule has 3 aliphatic rings. The molecule has 0 radical (unpaired) electrons. The number of hydrogen-bond donors (Lipinski definition) is 2. The van der Waals surface area contributed by atoms with Gasteiger partial charge in [-0.15, -0.1) is 0 Å². The van der Waals surface area contributed by atoms with Crippen LogP contribution in [0.25, 0.3) is 0 Å². The first kappa shape index (κ1) is 10.0. The highest BCUT2D eigenvalue weighted by atomic mass is 16.5. The third kappa shape index (κ3) is 1.80. The van der Waals surface area contributed by atoms with Gasteiger partial charge >= 0.3 is 0 Å². The molecule has 3 unspecified atom stereocenters. The highest BCUT2D eigenvalue weighted by Crippen LogP contribution is 2.49. The van der Waals surface area contributed by atoms with Crippen LogP contribution in [0.2, 0.25) is 0 Å². The molecule has 0 aromatic heterocycles. The number of piperidine rings is 1. The number of aliphatic hydroxyl groups excluding tert-OH is 1. The number of nitrogens with one attached hydrogen (secondary N) is 1. The van der Waals surface area contributed by atoms with Crippen LogP contribution in [0.1, 0.15) is 0 Å². The molecule has 0 aromatic rings. The fourth-order valence-corrected chi connectivity index (χ4v) is 3.19. The number of nitrogens with zero attached hydrogens (tertiary/aromatic N) is 1. The molecular formula is C11H20N2O2. The molecule has 4 heteroatoms. The SMILES string of the molecule is OCC1COCCN1CC1C2CNCC21. The van der Waals surface area contributed by atoms with E-state index in [1.165, 1.54) is 19.6 Å². The van der Waals surface area contributed by atoms with Crippen LogP contribution in [0.15, 0.2) is 0 Å². The van der Waals surface area contributed by atoms with E-state index in [4.69, 9.17) is 4.74 Å². The summed E-state index contributed by atoms with van der Waals surface area (Å²) in [4.78, 5) is 2.42. The van der Waals surface area contributed by atoms with Gasteiger partial charge < -0.3 is 15.2 Å². The Morgan fingerprint density at radius 1 is 1.33 bits per heavy atom. The van der Waals surface area contributed by atoms with Crippen molar-refractivity contribution in [2.45, 2.75) is 6.04 Å². The highest BCUT2D eigenvalue weighted by Gasteiger charge is 2.53. The van der Waals surface area contributed by atoms with Crippen LogP contribution in [0.4, 0.5) is 0 Å². The topological polar surface area (TPSA) is 44.7 Å². The van der Waals surface area contributed by atoms with E-state index in [0.29, 0.717) is 6.61 Å². The minimum Gasteiger partial charge on any atom is -0.395 e. The maximum Gasteiger partial charge on any atom is 0.0644 e. The van der Waals surface area contributed by atoms with Crippen molar-refractivity contribution in [1.29, 1.82) is 0 Å². The molecule has 86 valence electrons. The molecular weight excluding hydrogens is 192 g/mol. The highest BCUT2D eigenvalue weighted by molar-refractivity contribution is 5.05. The first-order valence-corrected chi connectivity index (χ1v) is 6.03. The van der Waals surface area contributed by atoms with Crippen LogP contribution in [0.5, 0.6) is 0 Å². The molecule has 3 atom stereocenters. The maximum absolute atomic E-state index is 9.26. The monoisotopic (exact) mass is 212 g/mol. The Labute approximate surface area is 90.6 Å². The van der Waals surface area contributed by atoms with Gasteiger partial charge in [0, 0.05) is 13.1 Å². The van der Waals surface area contributed by atoms with Crippen molar-refractivity contribution in [2.75, 3.05) is 46.0 Å². The third-order valence-electron chi connectivity index (χ3n) is 4.27. The second-order valence-corrected chi connectivity index (χ2v) is 5.06. The van der Waals surface area contributed by atoms with Gasteiger partial charge in [0.1, 0.15) is 0 Å². The number of ether oxygens (including phenoxy) is 1. The van der Waals surface area contributed by atoms with Crippen LogP contribution in [-0.4, -0.2) is 62.0 Å². The van der Waals surface area contributed by atoms with Crippen LogP contribution < -0.4 is 5.32 Å². The molecule has 2 saturated heterocycles. The van der Waals surface area contributed by atoms with E-state index in [1.807, 2.05) is 0 Å². The number of morpholine rings is 1. The summed E-state index contributed by atoms with van der Waals surface area (Å²) in [5.41, 5.74) is 0. The Morgan fingerprint density at radius 3 is 2.87 bits per heavy atom. The normalized spacial score (nSPS) is 45.4. The molecule has 2 aliphatic heterocycles. The van der Waals surface area contributed by atoms with Gasteiger partial charge in [-0.05, 0) is 30.8 Å². The Hall–Kier alpha value is -0.160. The molecule has 1 aliphatic carbocycles. The molecule has 4 nitrogen and oxygen atoms in total. The molecule has 2 heterocycles. The number of hydrogen-bond acceptors (Lipinski definition) is 4. The fraction of sp³-hybridized carbons (Fsp3) is 1.00. The maximum atomic E-state index is 9.26. The molecule has 0 bridgehead atoms. The van der Waals surface area contributed by atoms with E-state index in [0.717, 1.165) is 30.9 Å². The van der Waals surface area contributed by atoms with Crippen molar-refractivity contribution in [2.24, 2.45) is 17.8 Å². The standard InChI is InChI=1S/C11H20N2O2/c14-6-8-7-15-2-1-13(8)5-11-9-3-12-4-10(9)11/h8-12,14H,1-7H2. The van der Waals surface area contributed by atoms with Gasteiger partial charge in [-0.25, -0.2) is 0 Å². The van der Waals surface area contributed by atoms with Crippen molar-refractivity contribution in [3.63, 3.8) is 0 Å². The zero-order valence-electron chi connectivity index (χ0n) is 9.06. The third-order valence-corrected chi connectivity index (χ3v) is 4.27. The van der Waals surface area contributed by atoms with Crippen LogP contribution >= 0.6 is 0 Å².